The topological polar surface area (TPSA) is 61.4 Å². The second-order valence-corrected chi connectivity index (χ2v) is 8.20. The normalized spacial score (nSPS) is 11.0. The van der Waals surface area contributed by atoms with E-state index in [0.717, 1.165) is 18.7 Å². The molecule has 0 bridgehead atoms. The third-order valence-electron chi connectivity index (χ3n) is 5.48. The molecule has 0 saturated heterocycles. The number of nitrogens with one attached hydrogen (secondary N) is 2. The fraction of sp³-hybridized carbons (Fsp3) is 0.259. The van der Waals surface area contributed by atoms with Crippen molar-refractivity contribution in [1.82, 2.24) is 10.2 Å². The quantitative estimate of drug-likeness (QED) is 0.472. The predicted octanol–water partition coefficient (Wildman–Crippen LogP) is 5.24. The van der Waals surface area contributed by atoms with Gasteiger partial charge in [-0.3, -0.25) is 14.5 Å². The first kappa shape index (κ1) is 24.1. The van der Waals surface area contributed by atoms with E-state index in [2.05, 4.69) is 36.3 Å². The van der Waals surface area contributed by atoms with Gasteiger partial charge in [0.05, 0.1) is 0 Å². The Labute approximate surface area is 194 Å². The summed E-state index contributed by atoms with van der Waals surface area (Å²) in [6, 6.07) is 20.8. The average Bonchev–Trinajstić information content (AvgIpc) is 2.81. The number of amides is 2. The second-order valence-electron chi connectivity index (χ2n) is 8.20. The lowest BCUT2D eigenvalue weighted by Gasteiger charge is -2.24. The van der Waals surface area contributed by atoms with Gasteiger partial charge in [-0.2, -0.15) is 0 Å². The van der Waals surface area contributed by atoms with Crippen LogP contribution in [0.25, 0.3) is 0 Å². The number of carbonyl (C=O) groups excluding carboxylic acids is 2. The van der Waals surface area contributed by atoms with E-state index >= 15 is 0 Å². The van der Waals surface area contributed by atoms with Crippen molar-refractivity contribution in [3.8, 4) is 0 Å². The Morgan fingerprint density at radius 2 is 1.52 bits per heavy atom. The first-order valence-electron chi connectivity index (χ1n) is 11.1. The summed E-state index contributed by atoms with van der Waals surface area (Å²) in [5.41, 5.74) is 3.60. The van der Waals surface area contributed by atoms with Crippen LogP contribution in [0.15, 0.2) is 72.8 Å². The van der Waals surface area contributed by atoms with E-state index in [0.29, 0.717) is 29.4 Å². The minimum atomic E-state index is -0.391. The van der Waals surface area contributed by atoms with E-state index < -0.39 is 5.82 Å². The molecule has 3 rings (SSSR count). The highest BCUT2D eigenvalue weighted by atomic mass is 19.1. The monoisotopic (exact) mass is 447 g/mol. The largest absolute Gasteiger partial charge is 0.348 e. The molecule has 0 radical (unpaired) electrons. The van der Waals surface area contributed by atoms with Crippen molar-refractivity contribution < 1.29 is 14.0 Å². The molecule has 0 heterocycles. The molecule has 6 heteroatoms. The van der Waals surface area contributed by atoms with Crippen molar-refractivity contribution in [3.63, 3.8) is 0 Å². The van der Waals surface area contributed by atoms with Crippen LogP contribution in [0.4, 0.5) is 10.1 Å². The van der Waals surface area contributed by atoms with Crippen LogP contribution in [-0.4, -0.2) is 29.3 Å². The molecule has 172 valence electrons. The smallest absolute Gasteiger partial charge is 0.255 e. The highest BCUT2D eigenvalue weighted by Gasteiger charge is 2.10. The van der Waals surface area contributed by atoms with Crippen LogP contribution < -0.4 is 10.6 Å². The SMILES string of the molecule is CCN(Cc1ccc(C(=O)NCc2cccc(NC(=O)c3ccc(F)cc3)c2)cc1)C(C)C. The van der Waals surface area contributed by atoms with Gasteiger partial charge in [0.1, 0.15) is 5.82 Å². The van der Waals surface area contributed by atoms with Crippen molar-refractivity contribution in [2.45, 2.75) is 39.9 Å². The van der Waals surface area contributed by atoms with Crippen molar-refractivity contribution in [3.05, 3.63) is 101 Å². The maximum Gasteiger partial charge on any atom is 0.255 e. The summed E-state index contributed by atoms with van der Waals surface area (Å²) in [6.45, 7) is 8.65. The number of hydrogen-bond acceptors (Lipinski definition) is 3. The Bertz CT molecular complexity index is 1080. The van der Waals surface area contributed by atoms with Crippen LogP contribution in [0.3, 0.4) is 0 Å². The van der Waals surface area contributed by atoms with Gasteiger partial charge in [0, 0.05) is 35.9 Å². The molecule has 33 heavy (non-hydrogen) atoms. The Kier molecular flexibility index (Phi) is 8.33. The van der Waals surface area contributed by atoms with E-state index in [1.807, 2.05) is 36.4 Å². The van der Waals surface area contributed by atoms with Crippen molar-refractivity contribution in [2.24, 2.45) is 0 Å². The summed E-state index contributed by atoms with van der Waals surface area (Å²) in [5, 5.41) is 5.71. The molecule has 0 atom stereocenters. The van der Waals surface area contributed by atoms with E-state index in [-0.39, 0.29) is 11.8 Å². The Hall–Kier alpha value is -3.51. The Morgan fingerprint density at radius 3 is 2.15 bits per heavy atom. The van der Waals surface area contributed by atoms with Crippen LogP contribution in [0.1, 0.15) is 52.6 Å². The first-order chi connectivity index (χ1) is 15.9. The first-order valence-corrected chi connectivity index (χ1v) is 11.1. The molecule has 5 nitrogen and oxygen atoms in total. The molecule has 2 amide bonds. The molecular formula is C27H30FN3O2. The molecule has 0 saturated carbocycles. The van der Waals surface area contributed by atoms with Crippen molar-refractivity contribution in [2.75, 3.05) is 11.9 Å². The molecule has 0 unspecified atom stereocenters. The van der Waals surface area contributed by atoms with Crippen LogP contribution >= 0.6 is 0 Å². The number of carbonyl (C=O) groups is 2. The lowest BCUT2D eigenvalue weighted by molar-refractivity contribution is 0.0950. The van der Waals surface area contributed by atoms with Gasteiger partial charge in [-0.15, -0.1) is 0 Å². The van der Waals surface area contributed by atoms with E-state index in [1.165, 1.54) is 29.8 Å². The summed E-state index contributed by atoms with van der Waals surface area (Å²) < 4.78 is 13.0. The van der Waals surface area contributed by atoms with Gasteiger partial charge >= 0.3 is 0 Å². The molecular weight excluding hydrogens is 417 g/mol. The summed E-state index contributed by atoms with van der Waals surface area (Å²) in [4.78, 5) is 27.3. The van der Waals surface area contributed by atoms with E-state index in [4.69, 9.17) is 0 Å². The third kappa shape index (κ3) is 6.99. The Morgan fingerprint density at radius 1 is 0.879 bits per heavy atom. The fourth-order valence-electron chi connectivity index (χ4n) is 3.50. The number of halogens is 1. The van der Waals surface area contributed by atoms with Gasteiger partial charge in [0.2, 0.25) is 0 Å². The summed E-state index contributed by atoms with van der Waals surface area (Å²) in [5.74, 6) is -0.869. The zero-order chi connectivity index (χ0) is 23.8. The van der Waals surface area contributed by atoms with Gasteiger partial charge in [0.25, 0.3) is 11.8 Å². The number of rotatable bonds is 9. The Balaban J connectivity index is 1.56. The number of benzene rings is 3. The fourth-order valence-corrected chi connectivity index (χ4v) is 3.50. The van der Waals surface area contributed by atoms with Gasteiger partial charge in [-0.1, -0.05) is 31.2 Å². The summed E-state index contributed by atoms with van der Waals surface area (Å²) >= 11 is 0. The lowest BCUT2D eigenvalue weighted by atomic mass is 10.1. The minimum absolute atomic E-state index is 0.154. The third-order valence-corrected chi connectivity index (χ3v) is 5.48. The standard InChI is InChI=1S/C27H30FN3O2/c1-4-31(19(2)3)18-20-8-10-22(11-9-20)26(32)29-17-21-6-5-7-25(16-21)30-27(33)23-12-14-24(28)15-13-23/h5-16,19H,4,17-18H2,1-3H3,(H,29,32)(H,30,33). The molecule has 0 fully saturated rings. The van der Waals surface area contributed by atoms with Crippen molar-refractivity contribution in [1.29, 1.82) is 0 Å². The van der Waals surface area contributed by atoms with E-state index in [9.17, 15) is 14.0 Å². The van der Waals surface area contributed by atoms with E-state index in [1.54, 1.807) is 12.1 Å². The van der Waals surface area contributed by atoms with Gasteiger partial charge in [-0.05, 0) is 80.1 Å². The number of anilines is 1. The van der Waals surface area contributed by atoms with Crippen LogP contribution in [-0.2, 0) is 13.1 Å². The lowest BCUT2D eigenvalue weighted by Crippen LogP contribution is -2.30. The van der Waals surface area contributed by atoms with Crippen LogP contribution in [0.5, 0.6) is 0 Å². The molecule has 3 aromatic rings. The average molecular weight is 448 g/mol. The van der Waals surface area contributed by atoms with Crippen LogP contribution in [0, 0.1) is 5.82 Å². The second kappa shape index (κ2) is 11.4. The molecule has 2 N–H and O–H groups in total. The maximum absolute atomic E-state index is 13.0. The van der Waals surface area contributed by atoms with Crippen LogP contribution in [0.2, 0.25) is 0 Å². The summed E-state index contributed by atoms with van der Waals surface area (Å²) in [6.07, 6.45) is 0. The molecule has 0 aliphatic rings. The van der Waals surface area contributed by atoms with Gasteiger partial charge in [0.15, 0.2) is 0 Å². The highest BCUT2D eigenvalue weighted by Crippen LogP contribution is 2.14. The predicted molar refractivity (Wildman–Crippen MR) is 130 cm³/mol. The number of nitrogens with zero attached hydrogens (tertiary/aromatic N) is 1. The highest BCUT2D eigenvalue weighted by molar-refractivity contribution is 6.04. The molecule has 0 aliphatic carbocycles. The van der Waals surface area contributed by atoms with Gasteiger partial charge in [-0.25, -0.2) is 4.39 Å². The molecule has 0 spiro atoms. The number of hydrogen-bond donors (Lipinski definition) is 2. The summed E-state index contributed by atoms with van der Waals surface area (Å²) in [7, 11) is 0. The minimum Gasteiger partial charge on any atom is -0.348 e. The zero-order valence-corrected chi connectivity index (χ0v) is 19.3. The maximum atomic E-state index is 13.0. The molecule has 3 aromatic carbocycles. The van der Waals surface area contributed by atoms with Crippen molar-refractivity contribution >= 4 is 17.5 Å². The molecule has 0 aromatic heterocycles. The van der Waals surface area contributed by atoms with Gasteiger partial charge < -0.3 is 10.6 Å². The zero-order valence-electron chi connectivity index (χ0n) is 19.3. The molecule has 0 aliphatic heterocycles.